The van der Waals surface area contributed by atoms with E-state index in [0.29, 0.717) is 13.0 Å². The summed E-state index contributed by atoms with van der Waals surface area (Å²) in [6, 6.07) is 0.120. The molecule has 0 saturated carbocycles. The van der Waals surface area contributed by atoms with Gasteiger partial charge in [-0.05, 0) is 25.8 Å². The van der Waals surface area contributed by atoms with Gasteiger partial charge in [-0.1, -0.05) is 6.92 Å². The number of hydrogen-bond acceptors (Lipinski definition) is 3. The van der Waals surface area contributed by atoms with Gasteiger partial charge in [-0.25, -0.2) is 0 Å². The lowest BCUT2D eigenvalue weighted by Gasteiger charge is -2.26. The van der Waals surface area contributed by atoms with E-state index in [0.717, 1.165) is 32.4 Å². The Hall–Kier alpha value is -1.10. The SMILES string of the molecule is CCC1(C(=O)NCC2CCC(=O)N2)CCNC1. The van der Waals surface area contributed by atoms with Crippen molar-refractivity contribution in [1.82, 2.24) is 16.0 Å². The molecule has 0 aromatic carbocycles. The summed E-state index contributed by atoms with van der Waals surface area (Å²) in [6.07, 6.45) is 3.19. The van der Waals surface area contributed by atoms with Crippen LogP contribution in [0.5, 0.6) is 0 Å². The Labute approximate surface area is 102 Å². The Morgan fingerprint density at radius 2 is 2.41 bits per heavy atom. The number of hydrogen-bond donors (Lipinski definition) is 3. The van der Waals surface area contributed by atoms with Crippen LogP contribution < -0.4 is 16.0 Å². The van der Waals surface area contributed by atoms with E-state index < -0.39 is 0 Å². The molecule has 0 bridgehead atoms. The van der Waals surface area contributed by atoms with Crippen LogP contribution in [-0.4, -0.2) is 37.5 Å². The van der Waals surface area contributed by atoms with Crippen molar-refractivity contribution >= 4 is 11.8 Å². The third kappa shape index (κ3) is 2.60. The summed E-state index contributed by atoms with van der Waals surface area (Å²) >= 11 is 0. The largest absolute Gasteiger partial charge is 0.354 e. The highest BCUT2D eigenvalue weighted by molar-refractivity contribution is 5.83. The van der Waals surface area contributed by atoms with Crippen LogP contribution in [0.25, 0.3) is 0 Å². The van der Waals surface area contributed by atoms with Crippen molar-refractivity contribution in [2.75, 3.05) is 19.6 Å². The number of carbonyl (C=O) groups excluding carboxylic acids is 2. The Kier molecular flexibility index (Phi) is 3.66. The summed E-state index contributed by atoms with van der Waals surface area (Å²) in [5.41, 5.74) is -0.234. The standard InChI is InChI=1S/C12H21N3O2/c1-2-12(5-6-13-8-12)11(17)14-7-9-3-4-10(16)15-9/h9,13H,2-8H2,1H3,(H,14,17)(H,15,16). The summed E-state index contributed by atoms with van der Waals surface area (Å²) in [7, 11) is 0. The number of carbonyl (C=O) groups is 2. The maximum Gasteiger partial charge on any atom is 0.227 e. The second kappa shape index (κ2) is 5.04. The van der Waals surface area contributed by atoms with Crippen LogP contribution in [0.2, 0.25) is 0 Å². The van der Waals surface area contributed by atoms with Gasteiger partial charge in [0.2, 0.25) is 11.8 Å². The van der Waals surface area contributed by atoms with Crippen molar-refractivity contribution in [3.63, 3.8) is 0 Å². The van der Waals surface area contributed by atoms with E-state index in [1.165, 1.54) is 0 Å². The molecule has 2 aliphatic heterocycles. The highest BCUT2D eigenvalue weighted by Crippen LogP contribution is 2.29. The highest BCUT2D eigenvalue weighted by Gasteiger charge is 2.39. The summed E-state index contributed by atoms with van der Waals surface area (Å²) in [6.45, 7) is 4.31. The highest BCUT2D eigenvalue weighted by atomic mass is 16.2. The first-order valence-electron chi connectivity index (χ1n) is 6.45. The second-order valence-corrected chi connectivity index (χ2v) is 5.07. The van der Waals surface area contributed by atoms with Gasteiger partial charge < -0.3 is 16.0 Å². The molecule has 3 N–H and O–H groups in total. The van der Waals surface area contributed by atoms with Gasteiger partial charge in [0, 0.05) is 25.6 Å². The predicted molar refractivity (Wildman–Crippen MR) is 64.4 cm³/mol. The van der Waals surface area contributed by atoms with E-state index in [9.17, 15) is 9.59 Å². The van der Waals surface area contributed by atoms with Crippen molar-refractivity contribution in [3.05, 3.63) is 0 Å². The van der Waals surface area contributed by atoms with Crippen LogP contribution in [0, 0.1) is 5.41 Å². The van der Waals surface area contributed by atoms with Crippen molar-refractivity contribution in [2.24, 2.45) is 5.41 Å². The molecular weight excluding hydrogens is 218 g/mol. The van der Waals surface area contributed by atoms with Crippen molar-refractivity contribution in [2.45, 2.75) is 38.6 Å². The number of amides is 2. The average molecular weight is 239 g/mol. The summed E-state index contributed by atoms with van der Waals surface area (Å²) in [5, 5.41) is 9.10. The van der Waals surface area contributed by atoms with E-state index in [1.54, 1.807) is 0 Å². The Morgan fingerprint density at radius 3 is 2.94 bits per heavy atom. The summed E-state index contributed by atoms with van der Waals surface area (Å²) in [4.78, 5) is 23.2. The zero-order valence-corrected chi connectivity index (χ0v) is 10.3. The fraction of sp³-hybridized carbons (Fsp3) is 0.833. The molecule has 5 heteroatoms. The topological polar surface area (TPSA) is 70.2 Å². The molecule has 2 aliphatic rings. The molecule has 2 rings (SSSR count). The van der Waals surface area contributed by atoms with Gasteiger partial charge in [0.25, 0.3) is 0 Å². The maximum atomic E-state index is 12.2. The Balaban J connectivity index is 1.82. The molecule has 2 saturated heterocycles. The number of rotatable bonds is 4. The van der Waals surface area contributed by atoms with Crippen molar-refractivity contribution in [1.29, 1.82) is 0 Å². The molecule has 2 amide bonds. The van der Waals surface area contributed by atoms with E-state index in [2.05, 4.69) is 22.9 Å². The first kappa shape index (κ1) is 12.4. The smallest absolute Gasteiger partial charge is 0.227 e. The molecular formula is C12H21N3O2. The van der Waals surface area contributed by atoms with Crippen molar-refractivity contribution < 1.29 is 9.59 Å². The quantitative estimate of drug-likeness (QED) is 0.635. The molecule has 0 radical (unpaired) electrons. The van der Waals surface area contributed by atoms with Gasteiger partial charge in [0.05, 0.1) is 5.41 Å². The van der Waals surface area contributed by atoms with Crippen LogP contribution in [0.3, 0.4) is 0 Å². The van der Waals surface area contributed by atoms with Gasteiger partial charge in [-0.2, -0.15) is 0 Å². The Bertz CT molecular complexity index is 311. The Morgan fingerprint density at radius 1 is 1.59 bits per heavy atom. The minimum Gasteiger partial charge on any atom is -0.354 e. The zero-order valence-electron chi connectivity index (χ0n) is 10.3. The zero-order chi connectivity index (χ0) is 12.3. The van der Waals surface area contributed by atoms with Crippen LogP contribution >= 0.6 is 0 Å². The van der Waals surface area contributed by atoms with Crippen molar-refractivity contribution in [3.8, 4) is 0 Å². The molecule has 2 atom stereocenters. The fourth-order valence-electron chi connectivity index (χ4n) is 2.63. The third-order valence-corrected chi connectivity index (χ3v) is 4.00. The van der Waals surface area contributed by atoms with E-state index in [4.69, 9.17) is 0 Å². The van der Waals surface area contributed by atoms with Crippen LogP contribution in [0.1, 0.15) is 32.6 Å². The minimum absolute atomic E-state index is 0.0944. The third-order valence-electron chi connectivity index (χ3n) is 4.00. The lowest BCUT2D eigenvalue weighted by atomic mass is 9.83. The monoisotopic (exact) mass is 239 g/mol. The molecule has 5 nitrogen and oxygen atoms in total. The fourth-order valence-corrected chi connectivity index (χ4v) is 2.63. The average Bonchev–Trinajstić information content (AvgIpc) is 2.95. The minimum atomic E-state index is -0.234. The normalized spacial score (nSPS) is 32.5. The van der Waals surface area contributed by atoms with Gasteiger partial charge in [-0.15, -0.1) is 0 Å². The lowest BCUT2D eigenvalue weighted by molar-refractivity contribution is -0.130. The van der Waals surface area contributed by atoms with Crippen LogP contribution in [-0.2, 0) is 9.59 Å². The van der Waals surface area contributed by atoms with E-state index >= 15 is 0 Å². The predicted octanol–water partition coefficient (Wildman–Crippen LogP) is -0.229. The molecule has 96 valence electrons. The number of nitrogens with one attached hydrogen (secondary N) is 3. The van der Waals surface area contributed by atoms with Gasteiger partial charge in [-0.3, -0.25) is 9.59 Å². The van der Waals surface area contributed by atoms with Crippen LogP contribution in [0.4, 0.5) is 0 Å². The van der Waals surface area contributed by atoms with E-state index in [-0.39, 0.29) is 23.3 Å². The molecule has 2 heterocycles. The van der Waals surface area contributed by atoms with Gasteiger partial charge >= 0.3 is 0 Å². The molecule has 0 spiro atoms. The molecule has 17 heavy (non-hydrogen) atoms. The van der Waals surface area contributed by atoms with E-state index in [1.807, 2.05) is 0 Å². The molecule has 0 aromatic rings. The molecule has 0 aromatic heterocycles. The maximum absolute atomic E-state index is 12.2. The molecule has 0 aliphatic carbocycles. The first-order chi connectivity index (χ1) is 8.16. The summed E-state index contributed by atoms with van der Waals surface area (Å²) in [5.74, 6) is 0.225. The molecule has 2 unspecified atom stereocenters. The first-order valence-corrected chi connectivity index (χ1v) is 6.45. The molecule has 2 fully saturated rings. The second-order valence-electron chi connectivity index (χ2n) is 5.07. The summed E-state index contributed by atoms with van der Waals surface area (Å²) < 4.78 is 0. The lowest BCUT2D eigenvalue weighted by Crippen LogP contribution is -2.46. The van der Waals surface area contributed by atoms with Gasteiger partial charge in [0.15, 0.2) is 0 Å². The van der Waals surface area contributed by atoms with Gasteiger partial charge in [0.1, 0.15) is 0 Å². The van der Waals surface area contributed by atoms with Crippen LogP contribution in [0.15, 0.2) is 0 Å².